The molecular weight excluding hydrogens is 430 g/mol. The number of ether oxygens (including phenoxy) is 1. The van der Waals surface area contributed by atoms with Gasteiger partial charge in [-0.15, -0.1) is 11.3 Å². The number of hydrogen-bond acceptors (Lipinski definition) is 6. The van der Waals surface area contributed by atoms with E-state index in [4.69, 9.17) is 4.74 Å². The molecule has 1 saturated heterocycles. The first-order chi connectivity index (χ1) is 15.5. The predicted molar refractivity (Wildman–Crippen MR) is 121 cm³/mol. The second-order valence-electron chi connectivity index (χ2n) is 8.83. The molecule has 174 valence electrons. The van der Waals surface area contributed by atoms with E-state index in [1.807, 2.05) is 0 Å². The van der Waals surface area contributed by atoms with Crippen LogP contribution in [-0.2, 0) is 32.0 Å². The van der Waals surface area contributed by atoms with Crippen LogP contribution in [0.5, 0.6) is 0 Å². The largest absolute Gasteiger partial charge is 0.385 e. The highest BCUT2D eigenvalue weighted by molar-refractivity contribution is 7.17. The molecule has 4 amide bonds. The Balaban J connectivity index is 1.47. The summed E-state index contributed by atoms with van der Waals surface area (Å²) < 4.78 is 5.03. The Morgan fingerprint density at radius 2 is 1.75 bits per heavy atom. The number of rotatable bonds is 8. The minimum Gasteiger partial charge on any atom is -0.385 e. The van der Waals surface area contributed by atoms with Crippen LogP contribution in [0.4, 0.5) is 5.00 Å². The summed E-state index contributed by atoms with van der Waals surface area (Å²) in [6.07, 6.45) is 7.83. The van der Waals surface area contributed by atoms with Gasteiger partial charge in [-0.3, -0.25) is 24.1 Å². The van der Waals surface area contributed by atoms with E-state index in [-0.39, 0.29) is 36.1 Å². The second kappa shape index (κ2) is 10.1. The van der Waals surface area contributed by atoms with Crippen molar-refractivity contribution in [3.8, 4) is 0 Å². The quantitative estimate of drug-likeness (QED) is 0.457. The van der Waals surface area contributed by atoms with Gasteiger partial charge in [0.15, 0.2) is 0 Å². The van der Waals surface area contributed by atoms with Crippen LogP contribution in [0.25, 0.3) is 0 Å². The first-order valence-corrected chi connectivity index (χ1v) is 12.4. The molecule has 1 saturated carbocycles. The van der Waals surface area contributed by atoms with E-state index >= 15 is 0 Å². The van der Waals surface area contributed by atoms with E-state index in [2.05, 4.69) is 10.6 Å². The topological polar surface area (TPSA) is 105 Å². The van der Waals surface area contributed by atoms with Crippen LogP contribution < -0.4 is 10.6 Å². The summed E-state index contributed by atoms with van der Waals surface area (Å²) in [6.45, 7) is 0.762. The Bertz CT molecular complexity index is 888. The zero-order chi connectivity index (χ0) is 22.7. The molecule has 2 heterocycles. The standard InChI is InChI=1S/C23H31N3O5S/c1-31-12-6-11-24-20(28)19-16-9-4-5-10-17(16)32-21(19)25-18(27)13-26-22(29)14-7-2-3-8-15(14)23(26)30/h14-15H,2-13H2,1H3,(H,24,28)(H,25,27). The molecule has 32 heavy (non-hydrogen) atoms. The summed E-state index contributed by atoms with van der Waals surface area (Å²) in [7, 11) is 1.62. The third-order valence-corrected chi connectivity index (χ3v) is 7.90. The Morgan fingerprint density at radius 1 is 1.06 bits per heavy atom. The van der Waals surface area contributed by atoms with Gasteiger partial charge in [-0.25, -0.2) is 0 Å². The van der Waals surface area contributed by atoms with Crippen molar-refractivity contribution in [3.63, 3.8) is 0 Å². The van der Waals surface area contributed by atoms with Gasteiger partial charge in [0.05, 0.1) is 17.4 Å². The minimum absolute atomic E-state index is 0.199. The van der Waals surface area contributed by atoms with Crippen molar-refractivity contribution >= 4 is 40.0 Å². The summed E-state index contributed by atoms with van der Waals surface area (Å²) in [5.74, 6) is -1.63. The monoisotopic (exact) mass is 461 g/mol. The molecule has 9 heteroatoms. The summed E-state index contributed by atoms with van der Waals surface area (Å²) in [5, 5.41) is 6.29. The summed E-state index contributed by atoms with van der Waals surface area (Å²) in [6, 6.07) is 0. The Kier molecular flexibility index (Phi) is 7.25. The molecule has 0 aromatic carbocycles. The molecule has 1 aromatic heterocycles. The van der Waals surface area contributed by atoms with Gasteiger partial charge in [0, 0.05) is 25.1 Å². The number of carbonyl (C=O) groups is 4. The second-order valence-corrected chi connectivity index (χ2v) is 9.93. The predicted octanol–water partition coefficient (Wildman–Crippen LogP) is 2.51. The molecule has 0 radical (unpaired) electrons. The number of amides is 4. The van der Waals surface area contributed by atoms with Gasteiger partial charge in [0.1, 0.15) is 11.5 Å². The first-order valence-electron chi connectivity index (χ1n) is 11.6. The molecule has 3 aliphatic rings. The molecule has 2 unspecified atom stereocenters. The zero-order valence-corrected chi connectivity index (χ0v) is 19.4. The molecule has 2 aliphatic carbocycles. The van der Waals surface area contributed by atoms with Gasteiger partial charge in [-0.2, -0.15) is 0 Å². The summed E-state index contributed by atoms with van der Waals surface area (Å²) >= 11 is 1.44. The molecule has 4 rings (SSSR count). The number of carbonyl (C=O) groups excluding carboxylic acids is 4. The number of imide groups is 1. The van der Waals surface area contributed by atoms with Crippen molar-refractivity contribution in [1.82, 2.24) is 10.2 Å². The number of fused-ring (bicyclic) bond motifs is 2. The zero-order valence-electron chi connectivity index (χ0n) is 18.5. The van der Waals surface area contributed by atoms with Crippen LogP contribution in [0.3, 0.4) is 0 Å². The highest BCUT2D eigenvalue weighted by atomic mass is 32.1. The van der Waals surface area contributed by atoms with Gasteiger partial charge in [-0.05, 0) is 50.5 Å². The fourth-order valence-corrected chi connectivity index (χ4v) is 6.40. The lowest BCUT2D eigenvalue weighted by molar-refractivity contribution is -0.142. The van der Waals surface area contributed by atoms with E-state index < -0.39 is 5.91 Å². The minimum atomic E-state index is -0.433. The van der Waals surface area contributed by atoms with E-state index in [0.29, 0.717) is 30.1 Å². The molecule has 2 N–H and O–H groups in total. The van der Waals surface area contributed by atoms with E-state index in [9.17, 15) is 19.2 Å². The maximum absolute atomic E-state index is 12.9. The highest BCUT2D eigenvalue weighted by Crippen LogP contribution is 2.39. The van der Waals surface area contributed by atoms with Crippen molar-refractivity contribution in [1.29, 1.82) is 0 Å². The molecule has 1 aromatic rings. The highest BCUT2D eigenvalue weighted by Gasteiger charge is 2.48. The molecule has 0 bridgehead atoms. The fraction of sp³-hybridized carbons (Fsp3) is 0.652. The first kappa shape index (κ1) is 22.9. The Morgan fingerprint density at radius 3 is 2.44 bits per heavy atom. The average molecular weight is 462 g/mol. The summed E-state index contributed by atoms with van der Waals surface area (Å²) in [5.41, 5.74) is 1.54. The van der Waals surface area contributed by atoms with Crippen LogP contribution in [0.15, 0.2) is 0 Å². The van der Waals surface area contributed by atoms with Crippen LogP contribution >= 0.6 is 11.3 Å². The van der Waals surface area contributed by atoms with Crippen molar-refractivity contribution in [2.45, 2.75) is 57.8 Å². The average Bonchev–Trinajstić information content (AvgIpc) is 3.27. The number of hydrogen-bond donors (Lipinski definition) is 2. The maximum atomic E-state index is 12.9. The van der Waals surface area contributed by atoms with Crippen LogP contribution in [-0.4, -0.2) is 55.3 Å². The van der Waals surface area contributed by atoms with E-state index in [1.165, 1.54) is 11.3 Å². The molecule has 1 aliphatic heterocycles. The molecule has 2 atom stereocenters. The van der Waals surface area contributed by atoms with Crippen LogP contribution in [0, 0.1) is 11.8 Å². The Labute approximate surface area is 192 Å². The molecular formula is C23H31N3O5S. The number of likely N-dealkylation sites (tertiary alicyclic amines) is 1. The van der Waals surface area contributed by atoms with Crippen molar-refractivity contribution in [2.24, 2.45) is 11.8 Å². The fourth-order valence-electron chi connectivity index (χ4n) is 5.10. The van der Waals surface area contributed by atoms with Gasteiger partial charge in [-0.1, -0.05) is 12.8 Å². The lowest BCUT2D eigenvalue weighted by atomic mass is 9.81. The maximum Gasteiger partial charge on any atom is 0.254 e. The van der Waals surface area contributed by atoms with Gasteiger partial charge < -0.3 is 15.4 Å². The normalized spacial score (nSPS) is 22.5. The van der Waals surface area contributed by atoms with Gasteiger partial charge in [0.25, 0.3) is 5.91 Å². The van der Waals surface area contributed by atoms with Crippen molar-refractivity contribution in [3.05, 3.63) is 16.0 Å². The number of anilines is 1. The Hall–Kier alpha value is -2.26. The lowest BCUT2D eigenvalue weighted by Crippen LogP contribution is -2.38. The number of nitrogens with one attached hydrogen (secondary N) is 2. The number of aryl methyl sites for hydroxylation is 1. The smallest absolute Gasteiger partial charge is 0.254 e. The third-order valence-electron chi connectivity index (χ3n) is 6.70. The van der Waals surface area contributed by atoms with Crippen LogP contribution in [0.1, 0.15) is 65.7 Å². The van der Waals surface area contributed by atoms with E-state index in [0.717, 1.165) is 66.7 Å². The molecule has 2 fully saturated rings. The number of thiophene rings is 1. The van der Waals surface area contributed by atoms with Crippen LogP contribution in [0.2, 0.25) is 0 Å². The van der Waals surface area contributed by atoms with Crippen molar-refractivity contribution in [2.75, 3.05) is 32.1 Å². The SMILES string of the molecule is COCCCNC(=O)c1c(NC(=O)CN2C(=O)C3CCCCC3C2=O)sc2c1CCCC2. The van der Waals surface area contributed by atoms with E-state index in [1.54, 1.807) is 7.11 Å². The van der Waals surface area contributed by atoms with Crippen molar-refractivity contribution < 1.29 is 23.9 Å². The van der Waals surface area contributed by atoms with Gasteiger partial charge in [0.2, 0.25) is 17.7 Å². The number of methoxy groups -OCH3 is 1. The molecule has 8 nitrogen and oxygen atoms in total. The third kappa shape index (κ3) is 4.59. The lowest BCUT2D eigenvalue weighted by Gasteiger charge is -2.19. The molecule has 0 spiro atoms. The number of nitrogens with zero attached hydrogens (tertiary/aromatic N) is 1. The summed E-state index contributed by atoms with van der Waals surface area (Å²) in [4.78, 5) is 53.4. The van der Waals surface area contributed by atoms with Gasteiger partial charge >= 0.3 is 0 Å².